The number of urea groups is 1. The minimum absolute atomic E-state index is 0.360. The van der Waals surface area contributed by atoms with Gasteiger partial charge in [-0.1, -0.05) is 0 Å². The van der Waals surface area contributed by atoms with Crippen LogP contribution in [0.1, 0.15) is 10.4 Å². The lowest BCUT2D eigenvalue weighted by Crippen LogP contribution is -2.19. The molecule has 0 aromatic heterocycles. The molecule has 7 heteroatoms. The largest absolute Gasteiger partial charge is 0.351 e. The van der Waals surface area contributed by atoms with Gasteiger partial charge in [0.15, 0.2) is 0 Å². The number of hydrogen-bond donors (Lipinski definition) is 3. The molecule has 0 aliphatic rings. The maximum absolute atomic E-state index is 13.4. The molecule has 2 rings (SSSR count). The summed E-state index contributed by atoms with van der Waals surface area (Å²) in [4.78, 5) is 22.5. The average Bonchev–Trinajstić information content (AvgIpc) is 2.43. The highest BCUT2D eigenvalue weighted by Gasteiger charge is 2.13. The molecule has 0 saturated carbocycles. The second kappa shape index (κ2) is 6.00. The minimum atomic E-state index is -0.819. The first-order valence-electron chi connectivity index (χ1n) is 5.88. The van der Waals surface area contributed by atoms with Gasteiger partial charge in [0.25, 0.3) is 5.91 Å². The van der Waals surface area contributed by atoms with Crippen LogP contribution < -0.4 is 16.4 Å². The molecule has 3 amide bonds. The number of nitrogens with two attached hydrogens (primary N) is 1. The van der Waals surface area contributed by atoms with Crippen LogP contribution in [0.25, 0.3) is 0 Å². The van der Waals surface area contributed by atoms with E-state index in [1.165, 1.54) is 24.3 Å². The molecular weight excluding hydrogens is 280 g/mol. The Hall–Kier alpha value is -2.96. The van der Waals surface area contributed by atoms with E-state index in [1.807, 2.05) is 0 Å². The summed E-state index contributed by atoms with van der Waals surface area (Å²) in [7, 11) is 0. The number of primary amides is 1. The van der Waals surface area contributed by atoms with Crippen molar-refractivity contribution in [1.29, 1.82) is 0 Å². The zero-order valence-electron chi connectivity index (χ0n) is 10.7. The van der Waals surface area contributed by atoms with Crippen molar-refractivity contribution in [1.82, 2.24) is 0 Å². The van der Waals surface area contributed by atoms with Crippen LogP contribution >= 0.6 is 0 Å². The SMILES string of the molecule is NC(=O)Nc1ccc(NC(=O)c2cc(F)ccc2F)cc1. The Bertz CT molecular complexity index is 687. The quantitative estimate of drug-likeness (QED) is 0.812. The predicted octanol–water partition coefficient (Wildman–Crippen LogP) is 2.71. The molecule has 2 aromatic carbocycles. The van der Waals surface area contributed by atoms with Crippen molar-refractivity contribution in [2.24, 2.45) is 5.73 Å². The number of carbonyl (C=O) groups excluding carboxylic acids is 2. The highest BCUT2D eigenvalue weighted by molar-refractivity contribution is 6.04. The fourth-order valence-electron chi connectivity index (χ4n) is 1.65. The zero-order valence-corrected chi connectivity index (χ0v) is 10.7. The summed E-state index contributed by atoms with van der Waals surface area (Å²) in [5.41, 5.74) is 5.36. The first-order valence-corrected chi connectivity index (χ1v) is 5.88. The topological polar surface area (TPSA) is 84.2 Å². The highest BCUT2D eigenvalue weighted by atomic mass is 19.1. The highest BCUT2D eigenvalue weighted by Crippen LogP contribution is 2.16. The lowest BCUT2D eigenvalue weighted by Gasteiger charge is -2.07. The van der Waals surface area contributed by atoms with Crippen LogP contribution in [-0.4, -0.2) is 11.9 Å². The van der Waals surface area contributed by atoms with Gasteiger partial charge in [-0.3, -0.25) is 4.79 Å². The molecule has 4 N–H and O–H groups in total. The normalized spacial score (nSPS) is 10.0. The van der Waals surface area contributed by atoms with Crippen LogP contribution in [0.3, 0.4) is 0 Å². The summed E-state index contributed by atoms with van der Waals surface area (Å²) in [6.07, 6.45) is 0. The van der Waals surface area contributed by atoms with Crippen molar-refractivity contribution < 1.29 is 18.4 Å². The Labute approximate surface area is 118 Å². The maximum atomic E-state index is 13.4. The van der Waals surface area contributed by atoms with Gasteiger partial charge in [0.1, 0.15) is 11.6 Å². The first kappa shape index (κ1) is 14.4. The van der Waals surface area contributed by atoms with E-state index in [9.17, 15) is 18.4 Å². The van der Waals surface area contributed by atoms with Gasteiger partial charge < -0.3 is 16.4 Å². The monoisotopic (exact) mass is 291 g/mol. The molecule has 0 radical (unpaired) electrons. The number of halogens is 2. The van der Waals surface area contributed by atoms with E-state index in [-0.39, 0.29) is 0 Å². The Kier molecular flexibility index (Phi) is 4.13. The summed E-state index contributed by atoms with van der Waals surface area (Å²) in [6, 6.07) is 7.88. The summed E-state index contributed by atoms with van der Waals surface area (Å²) < 4.78 is 26.5. The summed E-state index contributed by atoms with van der Waals surface area (Å²) in [5, 5.41) is 4.77. The lowest BCUT2D eigenvalue weighted by molar-refractivity contribution is 0.102. The molecule has 0 saturated heterocycles. The Balaban J connectivity index is 2.12. The third-order valence-corrected chi connectivity index (χ3v) is 2.58. The first-order chi connectivity index (χ1) is 9.95. The molecule has 0 atom stereocenters. The number of rotatable bonds is 3. The van der Waals surface area contributed by atoms with Crippen LogP contribution in [0, 0.1) is 11.6 Å². The molecule has 0 heterocycles. The second-order valence-electron chi connectivity index (χ2n) is 4.14. The van der Waals surface area contributed by atoms with Crippen LogP contribution in [-0.2, 0) is 0 Å². The third kappa shape index (κ3) is 3.75. The molecule has 0 bridgehead atoms. The number of nitrogens with one attached hydrogen (secondary N) is 2. The van der Waals surface area contributed by atoms with Gasteiger partial charge in [0, 0.05) is 11.4 Å². The van der Waals surface area contributed by atoms with Gasteiger partial charge in [0.05, 0.1) is 5.56 Å². The molecule has 5 nitrogen and oxygen atoms in total. The molecular formula is C14H11F2N3O2. The standard InChI is InChI=1S/C14H11F2N3O2/c15-8-1-6-12(16)11(7-8)13(20)18-9-2-4-10(5-3-9)19-14(17)21/h1-7H,(H,18,20)(H3,17,19,21). The summed E-state index contributed by atoms with van der Waals surface area (Å²) in [6.45, 7) is 0. The number of carbonyl (C=O) groups is 2. The van der Waals surface area contributed by atoms with Crippen molar-refractivity contribution in [3.05, 3.63) is 59.7 Å². The van der Waals surface area contributed by atoms with E-state index < -0.39 is 29.1 Å². The van der Waals surface area contributed by atoms with Gasteiger partial charge in [0.2, 0.25) is 0 Å². The van der Waals surface area contributed by atoms with Crippen LogP contribution in [0.2, 0.25) is 0 Å². The molecule has 0 unspecified atom stereocenters. The van der Waals surface area contributed by atoms with Crippen LogP contribution in [0.4, 0.5) is 25.0 Å². The average molecular weight is 291 g/mol. The number of benzene rings is 2. The van der Waals surface area contributed by atoms with E-state index >= 15 is 0 Å². The Morgan fingerprint density at radius 1 is 0.905 bits per heavy atom. The molecule has 2 aromatic rings. The van der Waals surface area contributed by atoms with E-state index in [1.54, 1.807) is 0 Å². The second-order valence-corrected chi connectivity index (χ2v) is 4.14. The van der Waals surface area contributed by atoms with Gasteiger partial charge in [-0.2, -0.15) is 0 Å². The van der Waals surface area contributed by atoms with Crippen molar-refractivity contribution in [2.75, 3.05) is 10.6 Å². The minimum Gasteiger partial charge on any atom is -0.351 e. The van der Waals surface area contributed by atoms with E-state index in [0.29, 0.717) is 11.4 Å². The molecule has 0 aliphatic carbocycles. The van der Waals surface area contributed by atoms with E-state index in [2.05, 4.69) is 10.6 Å². The third-order valence-electron chi connectivity index (χ3n) is 2.58. The van der Waals surface area contributed by atoms with Crippen LogP contribution in [0.15, 0.2) is 42.5 Å². The molecule has 0 aliphatic heterocycles. The van der Waals surface area contributed by atoms with Gasteiger partial charge >= 0.3 is 6.03 Å². The maximum Gasteiger partial charge on any atom is 0.316 e. The van der Waals surface area contributed by atoms with Gasteiger partial charge in [-0.15, -0.1) is 0 Å². The van der Waals surface area contributed by atoms with E-state index in [4.69, 9.17) is 5.73 Å². The van der Waals surface area contributed by atoms with Gasteiger partial charge in [-0.05, 0) is 42.5 Å². The summed E-state index contributed by atoms with van der Waals surface area (Å²) in [5.74, 6) is -2.30. The zero-order chi connectivity index (χ0) is 15.4. The molecule has 108 valence electrons. The smallest absolute Gasteiger partial charge is 0.316 e. The number of hydrogen-bond acceptors (Lipinski definition) is 2. The van der Waals surface area contributed by atoms with Crippen molar-refractivity contribution in [2.45, 2.75) is 0 Å². The van der Waals surface area contributed by atoms with Crippen molar-refractivity contribution in [3.8, 4) is 0 Å². The summed E-state index contributed by atoms with van der Waals surface area (Å²) >= 11 is 0. The lowest BCUT2D eigenvalue weighted by atomic mass is 10.2. The van der Waals surface area contributed by atoms with Crippen LogP contribution in [0.5, 0.6) is 0 Å². The Morgan fingerprint density at radius 2 is 1.48 bits per heavy atom. The van der Waals surface area contributed by atoms with Crippen molar-refractivity contribution >= 4 is 23.3 Å². The fraction of sp³-hybridized carbons (Fsp3) is 0. The van der Waals surface area contributed by atoms with E-state index in [0.717, 1.165) is 18.2 Å². The molecule has 21 heavy (non-hydrogen) atoms. The molecule has 0 spiro atoms. The predicted molar refractivity (Wildman–Crippen MR) is 74.0 cm³/mol. The molecule has 0 fully saturated rings. The van der Waals surface area contributed by atoms with Crippen molar-refractivity contribution in [3.63, 3.8) is 0 Å². The number of amides is 3. The fourth-order valence-corrected chi connectivity index (χ4v) is 1.65. The van der Waals surface area contributed by atoms with Gasteiger partial charge in [-0.25, -0.2) is 13.6 Å². The number of anilines is 2. The Morgan fingerprint density at radius 3 is 2.05 bits per heavy atom.